The predicted molar refractivity (Wildman–Crippen MR) is 207 cm³/mol. The standard InChI is InChI=1S/C37H65NO9Si3/c1-19-29(45-48(13,14)35(4,5)6)32(25(2)43-34(39)27-20-22-28(23-21-27)38(40)41)44-31-24-30(46-49(15,16)36(7,8)9)33(26(3)42-31)47-50(17,18)37(10,11)12/h1,20-23,25-26,29-33H,24H2,2-18H3/t25-,26-,29-,30-,31-,32+,33+/m0/s1. The second-order valence-electron chi connectivity index (χ2n) is 18.2. The molecule has 1 saturated heterocycles. The Bertz CT molecular complexity index is 1350. The number of carbonyl (C=O) groups is 1. The van der Waals surface area contributed by atoms with E-state index < -0.39 is 60.4 Å². The normalized spacial score (nSPS) is 23.0. The smallest absolute Gasteiger partial charge is 0.338 e. The molecule has 0 amide bonds. The van der Waals surface area contributed by atoms with E-state index in [1.807, 2.05) is 6.92 Å². The zero-order valence-corrected chi connectivity index (χ0v) is 36.8. The first-order valence-electron chi connectivity index (χ1n) is 17.7. The Kier molecular flexibility index (Phi) is 14.2. The van der Waals surface area contributed by atoms with Crippen molar-refractivity contribution in [2.45, 2.75) is 180 Å². The fourth-order valence-electron chi connectivity index (χ4n) is 4.76. The first-order valence-corrected chi connectivity index (χ1v) is 26.4. The third-order valence-electron chi connectivity index (χ3n) is 11.2. The fourth-order valence-corrected chi connectivity index (χ4v) is 8.67. The molecule has 0 aromatic heterocycles. The van der Waals surface area contributed by atoms with Crippen LogP contribution in [0.2, 0.25) is 54.4 Å². The maximum atomic E-state index is 13.3. The molecule has 0 spiro atoms. The SMILES string of the molecule is C#C[C@H](O[Si](C)(C)C(C)(C)C)[C@H](O[C@H]1C[C@H](O[Si](C)(C)C(C)(C)C)[C@H](O[Si](C)(C)C(C)(C)C)[C@H](C)O1)[C@H](C)OC(=O)c1ccc([N+](=O)[O-])cc1. The first-order chi connectivity index (χ1) is 22.4. The van der Waals surface area contributed by atoms with Crippen LogP contribution >= 0.6 is 0 Å². The van der Waals surface area contributed by atoms with Gasteiger partial charge in [-0.1, -0.05) is 68.2 Å². The lowest BCUT2D eigenvalue weighted by molar-refractivity contribution is -0.384. The van der Waals surface area contributed by atoms with Gasteiger partial charge in [0.2, 0.25) is 0 Å². The summed E-state index contributed by atoms with van der Waals surface area (Å²) in [4.78, 5) is 23.9. The lowest BCUT2D eigenvalue weighted by Gasteiger charge is -2.50. The Hall–Kier alpha value is -1.90. The van der Waals surface area contributed by atoms with Gasteiger partial charge in [0, 0.05) is 18.6 Å². The van der Waals surface area contributed by atoms with E-state index in [4.69, 9.17) is 33.9 Å². The molecule has 0 unspecified atom stereocenters. The Labute approximate surface area is 305 Å². The molecule has 7 atom stereocenters. The van der Waals surface area contributed by atoms with Crippen LogP contribution in [0.3, 0.4) is 0 Å². The van der Waals surface area contributed by atoms with Crippen LogP contribution in [0.15, 0.2) is 24.3 Å². The number of non-ortho nitro benzene ring substituents is 1. The van der Waals surface area contributed by atoms with Crippen LogP contribution in [-0.2, 0) is 27.5 Å². The van der Waals surface area contributed by atoms with Crippen LogP contribution < -0.4 is 0 Å². The lowest BCUT2D eigenvalue weighted by atomic mass is 10.0. The van der Waals surface area contributed by atoms with Gasteiger partial charge in [-0.25, -0.2) is 4.79 Å². The summed E-state index contributed by atoms with van der Waals surface area (Å²) in [5.41, 5.74) is 0.0413. The van der Waals surface area contributed by atoms with Gasteiger partial charge in [0.25, 0.3) is 5.69 Å². The van der Waals surface area contributed by atoms with Gasteiger partial charge in [-0.05, 0) is 80.4 Å². The molecule has 284 valence electrons. The molecule has 1 aromatic rings. The highest BCUT2D eigenvalue weighted by atomic mass is 28.4. The number of rotatable bonds is 13. The molecule has 1 heterocycles. The van der Waals surface area contributed by atoms with Crippen LogP contribution in [0.1, 0.15) is 92.9 Å². The molecular weight excluding hydrogens is 687 g/mol. The van der Waals surface area contributed by atoms with Crippen LogP contribution in [0.4, 0.5) is 5.69 Å². The number of terminal acetylenes is 1. The first kappa shape index (κ1) is 44.3. The number of nitro benzene ring substituents is 1. The topological polar surface area (TPSA) is 116 Å². The molecule has 1 aliphatic heterocycles. The molecule has 0 saturated carbocycles. The summed E-state index contributed by atoms with van der Waals surface area (Å²) in [5.74, 6) is 2.13. The fraction of sp³-hybridized carbons (Fsp3) is 0.757. The zero-order valence-electron chi connectivity index (χ0n) is 33.8. The quantitative estimate of drug-likeness (QED) is 0.0639. The summed E-state index contributed by atoms with van der Waals surface area (Å²) in [6.07, 6.45) is 2.14. The second kappa shape index (κ2) is 16.0. The molecule has 0 aliphatic carbocycles. The molecule has 13 heteroatoms. The Morgan fingerprint density at radius 3 is 1.82 bits per heavy atom. The van der Waals surface area contributed by atoms with Gasteiger partial charge in [-0.2, -0.15) is 0 Å². The van der Waals surface area contributed by atoms with E-state index in [0.717, 1.165) is 0 Å². The van der Waals surface area contributed by atoms with E-state index in [-0.39, 0.29) is 44.7 Å². The van der Waals surface area contributed by atoms with Gasteiger partial charge in [0.1, 0.15) is 18.3 Å². The van der Waals surface area contributed by atoms with Crippen molar-refractivity contribution in [3.8, 4) is 12.3 Å². The van der Waals surface area contributed by atoms with E-state index in [1.165, 1.54) is 24.3 Å². The van der Waals surface area contributed by atoms with Gasteiger partial charge >= 0.3 is 5.97 Å². The van der Waals surface area contributed by atoms with Crippen LogP contribution in [0, 0.1) is 22.5 Å². The van der Waals surface area contributed by atoms with E-state index >= 15 is 0 Å². The number of nitro groups is 1. The monoisotopic (exact) mass is 751 g/mol. The molecule has 2 rings (SSSR count). The van der Waals surface area contributed by atoms with Crippen molar-refractivity contribution in [3.63, 3.8) is 0 Å². The molecule has 0 radical (unpaired) electrons. The number of esters is 1. The summed E-state index contributed by atoms with van der Waals surface area (Å²) in [5, 5.41) is 10.9. The Morgan fingerprint density at radius 2 is 1.38 bits per heavy atom. The minimum Gasteiger partial charge on any atom is -0.456 e. The third kappa shape index (κ3) is 11.1. The van der Waals surface area contributed by atoms with E-state index in [0.29, 0.717) is 6.42 Å². The van der Waals surface area contributed by atoms with Crippen molar-refractivity contribution in [2.75, 3.05) is 0 Å². The summed E-state index contributed by atoms with van der Waals surface area (Å²) in [7, 11) is -6.91. The minimum atomic E-state index is -2.42. The van der Waals surface area contributed by atoms with Crippen molar-refractivity contribution in [3.05, 3.63) is 39.9 Å². The van der Waals surface area contributed by atoms with E-state index in [1.54, 1.807) is 6.92 Å². The average Bonchev–Trinajstić information content (AvgIpc) is 2.94. The van der Waals surface area contributed by atoms with E-state index in [9.17, 15) is 14.9 Å². The summed E-state index contributed by atoms with van der Waals surface area (Å²) in [6.45, 7) is 36.5. The Balaban J connectivity index is 2.53. The molecule has 1 aromatic carbocycles. The van der Waals surface area contributed by atoms with Gasteiger partial charge < -0.3 is 27.5 Å². The van der Waals surface area contributed by atoms with Gasteiger partial charge in [-0.3, -0.25) is 10.1 Å². The number of benzene rings is 1. The summed E-state index contributed by atoms with van der Waals surface area (Å²) in [6, 6.07) is 5.26. The van der Waals surface area contributed by atoms with Crippen LogP contribution in [0.25, 0.3) is 0 Å². The number of hydrogen-bond acceptors (Lipinski definition) is 9. The lowest BCUT2D eigenvalue weighted by Crippen LogP contribution is -2.60. The zero-order chi connectivity index (χ0) is 38.8. The van der Waals surface area contributed by atoms with Crippen molar-refractivity contribution in [2.24, 2.45) is 0 Å². The molecule has 1 fully saturated rings. The summed E-state index contributed by atoms with van der Waals surface area (Å²) < 4.78 is 40.1. The highest BCUT2D eigenvalue weighted by Crippen LogP contribution is 2.44. The molecule has 10 nitrogen and oxygen atoms in total. The van der Waals surface area contributed by atoms with Crippen LogP contribution in [0.5, 0.6) is 0 Å². The van der Waals surface area contributed by atoms with Gasteiger partial charge in [0.15, 0.2) is 31.2 Å². The largest absolute Gasteiger partial charge is 0.456 e. The van der Waals surface area contributed by atoms with Crippen molar-refractivity contribution in [1.82, 2.24) is 0 Å². The minimum absolute atomic E-state index is 0.0171. The second-order valence-corrected chi connectivity index (χ2v) is 32.5. The van der Waals surface area contributed by atoms with Crippen LogP contribution in [-0.4, -0.2) is 78.8 Å². The third-order valence-corrected chi connectivity index (χ3v) is 24.6. The maximum Gasteiger partial charge on any atom is 0.338 e. The number of carbonyl (C=O) groups excluding carboxylic acids is 1. The number of hydrogen-bond donors (Lipinski definition) is 0. The predicted octanol–water partition coefficient (Wildman–Crippen LogP) is 9.46. The summed E-state index contributed by atoms with van der Waals surface area (Å²) >= 11 is 0. The number of ether oxygens (including phenoxy) is 3. The molecule has 0 bridgehead atoms. The highest BCUT2D eigenvalue weighted by Gasteiger charge is 2.50. The van der Waals surface area contributed by atoms with Gasteiger partial charge in [-0.15, -0.1) is 6.42 Å². The van der Waals surface area contributed by atoms with Gasteiger partial charge in [0.05, 0.1) is 28.8 Å². The van der Waals surface area contributed by atoms with E-state index in [2.05, 4.69) is 108 Å². The highest BCUT2D eigenvalue weighted by molar-refractivity contribution is 6.75. The van der Waals surface area contributed by atoms with Crippen molar-refractivity contribution >= 4 is 36.6 Å². The molecule has 1 aliphatic rings. The Morgan fingerprint density at radius 1 is 0.900 bits per heavy atom. The molecule has 50 heavy (non-hydrogen) atoms. The maximum absolute atomic E-state index is 13.3. The average molecular weight is 752 g/mol. The molecule has 0 N–H and O–H groups in total. The van der Waals surface area contributed by atoms with Crippen molar-refractivity contribution < 1.29 is 37.2 Å². The molecular formula is C37H65NO9Si3. The van der Waals surface area contributed by atoms with Crippen molar-refractivity contribution in [1.29, 1.82) is 0 Å². The number of nitrogens with zero attached hydrogens (tertiary/aromatic N) is 1.